The Morgan fingerprint density at radius 3 is 2.61 bits per heavy atom. The largest absolute Gasteiger partial charge is 0.393 e. The molecule has 1 atom stereocenters. The van der Waals surface area contributed by atoms with Crippen molar-refractivity contribution in [3.63, 3.8) is 0 Å². The quantitative estimate of drug-likeness (QED) is 0.908. The van der Waals surface area contributed by atoms with E-state index in [2.05, 4.69) is 9.47 Å². The van der Waals surface area contributed by atoms with E-state index in [4.69, 9.17) is 0 Å². The molecule has 1 fully saturated rings. The zero-order valence-electron chi connectivity index (χ0n) is 13.8. The number of halogens is 1. The van der Waals surface area contributed by atoms with E-state index in [0.29, 0.717) is 13.1 Å². The highest BCUT2D eigenvalue weighted by molar-refractivity contribution is 5.85. The van der Waals surface area contributed by atoms with E-state index >= 15 is 0 Å². The first-order chi connectivity index (χ1) is 11.0. The molecule has 1 saturated heterocycles. The minimum Gasteiger partial charge on any atom is -0.393 e. The molecule has 5 heteroatoms. The van der Waals surface area contributed by atoms with Crippen LogP contribution in [0.5, 0.6) is 0 Å². The fraction of sp³-hybridized carbons (Fsp3) is 0.556. The van der Waals surface area contributed by atoms with Crippen molar-refractivity contribution in [3.8, 4) is 0 Å². The maximum absolute atomic E-state index is 13.5. The van der Waals surface area contributed by atoms with Gasteiger partial charge in [-0.1, -0.05) is 0 Å². The van der Waals surface area contributed by atoms with Gasteiger partial charge in [0, 0.05) is 36.2 Å². The second-order valence-electron chi connectivity index (χ2n) is 6.67. The van der Waals surface area contributed by atoms with E-state index in [9.17, 15) is 14.6 Å². The normalized spacial score (nSPS) is 18.7. The van der Waals surface area contributed by atoms with Gasteiger partial charge in [0.1, 0.15) is 5.82 Å². The molecule has 1 aromatic heterocycles. The first kappa shape index (κ1) is 16.4. The fourth-order valence-corrected chi connectivity index (χ4v) is 3.53. The van der Waals surface area contributed by atoms with Gasteiger partial charge < -0.3 is 19.7 Å². The van der Waals surface area contributed by atoms with Crippen molar-refractivity contribution < 1.29 is 14.6 Å². The molecule has 0 unspecified atom stereocenters. The smallest absolute Gasteiger partial charge is 0.123 e. The molecular formula is C18H25FN2O2. The van der Waals surface area contributed by atoms with Crippen molar-refractivity contribution >= 4 is 10.9 Å². The molecule has 4 nitrogen and oxygen atoms in total. The van der Waals surface area contributed by atoms with Gasteiger partial charge in [-0.25, -0.2) is 4.39 Å². The highest BCUT2D eigenvalue weighted by atomic mass is 19.1. The van der Waals surface area contributed by atoms with Crippen molar-refractivity contribution in [3.05, 3.63) is 35.3 Å². The average Bonchev–Trinajstić information content (AvgIpc) is 2.74. The Balaban J connectivity index is 1.74. The number of hydrogen-bond donors (Lipinski definition) is 2. The van der Waals surface area contributed by atoms with Gasteiger partial charge >= 0.3 is 0 Å². The molecule has 3 rings (SSSR count). The number of piperidine rings is 1. The Morgan fingerprint density at radius 2 is 1.91 bits per heavy atom. The Kier molecular flexibility index (Phi) is 4.71. The number of likely N-dealkylation sites (tertiary alicyclic amines) is 1. The number of hydrogen-bond acceptors (Lipinski definition) is 3. The van der Waals surface area contributed by atoms with Crippen LogP contribution in [0.15, 0.2) is 18.2 Å². The standard InChI is InChI=1S/C18H25FN2O2/c1-12-13(2)21(18-4-3-14(19)9-17(12)18)11-16(23)10-20-7-5-15(22)6-8-20/h3-4,9,15-16,22-23H,5-8,10-11H2,1-2H3/t16-/m1/s1. The SMILES string of the molecule is Cc1c(C)n(C[C@H](O)CN2CCC(O)CC2)c2ccc(F)cc12. The van der Waals surface area contributed by atoms with Crippen LogP contribution < -0.4 is 0 Å². The number of benzene rings is 1. The Bertz CT molecular complexity index is 690. The fourth-order valence-electron chi connectivity index (χ4n) is 3.53. The van der Waals surface area contributed by atoms with Crippen LogP contribution in [0.1, 0.15) is 24.1 Å². The molecule has 1 aliphatic rings. The third-order valence-electron chi connectivity index (χ3n) is 5.02. The Labute approximate surface area is 136 Å². The van der Waals surface area contributed by atoms with E-state index in [-0.39, 0.29) is 11.9 Å². The number of aliphatic hydroxyl groups is 2. The van der Waals surface area contributed by atoms with Crippen molar-refractivity contribution in [1.29, 1.82) is 0 Å². The van der Waals surface area contributed by atoms with Crippen LogP contribution >= 0.6 is 0 Å². The van der Waals surface area contributed by atoms with Crippen LogP contribution in [0.2, 0.25) is 0 Å². The molecular weight excluding hydrogens is 295 g/mol. The molecule has 0 radical (unpaired) electrons. The lowest BCUT2D eigenvalue weighted by molar-refractivity contribution is 0.0461. The molecule has 2 aromatic rings. The summed E-state index contributed by atoms with van der Waals surface area (Å²) in [5.74, 6) is -0.231. The minimum absolute atomic E-state index is 0.198. The van der Waals surface area contributed by atoms with Crippen molar-refractivity contribution in [2.24, 2.45) is 0 Å². The number of nitrogens with zero attached hydrogens (tertiary/aromatic N) is 2. The molecule has 0 amide bonds. The Morgan fingerprint density at radius 1 is 1.22 bits per heavy atom. The maximum Gasteiger partial charge on any atom is 0.123 e. The van der Waals surface area contributed by atoms with Crippen LogP contribution in [0.25, 0.3) is 10.9 Å². The number of aromatic nitrogens is 1. The summed E-state index contributed by atoms with van der Waals surface area (Å²) in [7, 11) is 0. The second kappa shape index (κ2) is 6.59. The first-order valence-electron chi connectivity index (χ1n) is 8.29. The Hall–Kier alpha value is -1.43. The topological polar surface area (TPSA) is 48.6 Å². The summed E-state index contributed by atoms with van der Waals surface area (Å²) >= 11 is 0. The van der Waals surface area contributed by atoms with Gasteiger partial charge in [-0.15, -0.1) is 0 Å². The lowest BCUT2D eigenvalue weighted by Gasteiger charge is -2.31. The predicted molar refractivity (Wildman–Crippen MR) is 89.1 cm³/mol. The monoisotopic (exact) mass is 320 g/mol. The molecule has 23 heavy (non-hydrogen) atoms. The third kappa shape index (κ3) is 3.42. The van der Waals surface area contributed by atoms with Crippen LogP contribution in [0.3, 0.4) is 0 Å². The van der Waals surface area contributed by atoms with Crippen molar-refractivity contribution in [2.45, 2.75) is 45.4 Å². The number of aryl methyl sites for hydroxylation is 1. The van der Waals surface area contributed by atoms with Gasteiger partial charge in [-0.3, -0.25) is 0 Å². The summed E-state index contributed by atoms with van der Waals surface area (Å²) in [6.07, 6.45) is 0.869. The molecule has 126 valence electrons. The van der Waals surface area contributed by atoms with E-state index in [0.717, 1.165) is 48.1 Å². The highest BCUT2D eigenvalue weighted by Gasteiger charge is 2.21. The van der Waals surface area contributed by atoms with Gasteiger partial charge in [0.15, 0.2) is 0 Å². The summed E-state index contributed by atoms with van der Waals surface area (Å²) in [5, 5.41) is 20.9. The van der Waals surface area contributed by atoms with Gasteiger partial charge in [0.25, 0.3) is 0 Å². The number of rotatable bonds is 4. The molecule has 0 saturated carbocycles. The van der Waals surface area contributed by atoms with E-state index in [1.54, 1.807) is 12.1 Å². The molecule has 2 heterocycles. The van der Waals surface area contributed by atoms with E-state index < -0.39 is 6.10 Å². The minimum atomic E-state index is -0.482. The molecule has 0 bridgehead atoms. The molecule has 2 N–H and O–H groups in total. The van der Waals surface area contributed by atoms with Gasteiger partial charge in [0.2, 0.25) is 0 Å². The lowest BCUT2D eigenvalue weighted by atomic mass is 10.1. The van der Waals surface area contributed by atoms with Crippen molar-refractivity contribution in [2.75, 3.05) is 19.6 Å². The predicted octanol–water partition coefficient (Wildman–Crippen LogP) is 2.21. The first-order valence-corrected chi connectivity index (χ1v) is 8.29. The summed E-state index contributed by atoms with van der Waals surface area (Å²) in [5.41, 5.74) is 3.10. The number of β-amino-alcohol motifs (C(OH)–C–C–N with tert-alkyl or cyclic N) is 1. The summed E-state index contributed by atoms with van der Waals surface area (Å²) in [6, 6.07) is 4.82. The second-order valence-corrected chi connectivity index (χ2v) is 6.67. The molecule has 1 aliphatic heterocycles. The van der Waals surface area contributed by atoms with Crippen LogP contribution in [0, 0.1) is 19.7 Å². The third-order valence-corrected chi connectivity index (χ3v) is 5.02. The summed E-state index contributed by atoms with van der Waals surface area (Å²) < 4.78 is 15.6. The number of fused-ring (bicyclic) bond motifs is 1. The van der Waals surface area contributed by atoms with E-state index in [1.807, 2.05) is 13.8 Å². The van der Waals surface area contributed by atoms with Gasteiger partial charge in [-0.2, -0.15) is 0 Å². The van der Waals surface area contributed by atoms with Gasteiger partial charge in [0.05, 0.1) is 18.8 Å². The molecule has 1 aromatic carbocycles. The number of aliphatic hydroxyl groups excluding tert-OH is 2. The zero-order chi connectivity index (χ0) is 16.6. The lowest BCUT2D eigenvalue weighted by Crippen LogP contribution is -2.41. The zero-order valence-corrected chi connectivity index (χ0v) is 13.8. The van der Waals surface area contributed by atoms with Crippen LogP contribution in [0.4, 0.5) is 4.39 Å². The average molecular weight is 320 g/mol. The van der Waals surface area contributed by atoms with Crippen LogP contribution in [-0.2, 0) is 6.54 Å². The van der Waals surface area contributed by atoms with Gasteiger partial charge in [-0.05, 0) is 50.5 Å². The van der Waals surface area contributed by atoms with Crippen LogP contribution in [-0.4, -0.2) is 51.5 Å². The highest BCUT2D eigenvalue weighted by Crippen LogP contribution is 2.26. The molecule has 0 aliphatic carbocycles. The summed E-state index contributed by atoms with van der Waals surface area (Å²) in [6.45, 7) is 6.76. The molecule has 0 spiro atoms. The summed E-state index contributed by atoms with van der Waals surface area (Å²) in [4.78, 5) is 2.20. The van der Waals surface area contributed by atoms with E-state index in [1.165, 1.54) is 6.07 Å². The van der Waals surface area contributed by atoms with Crippen molar-refractivity contribution in [1.82, 2.24) is 9.47 Å². The maximum atomic E-state index is 13.5.